The average molecular weight is 526 g/mol. The van der Waals surface area contributed by atoms with Crippen LogP contribution in [0.25, 0.3) is 0 Å². The summed E-state index contributed by atoms with van der Waals surface area (Å²) in [6.45, 7) is 6.01. The van der Waals surface area contributed by atoms with Crippen LogP contribution >= 0.6 is 11.6 Å². The molecule has 35 heavy (non-hydrogen) atoms. The highest BCUT2D eigenvalue weighted by Crippen LogP contribution is 2.28. The Hall–Kier alpha value is -2.65. The summed E-state index contributed by atoms with van der Waals surface area (Å²) in [5.41, 5.74) is 1.77. The van der Waals surface area contributed by atoms with Crippen LogP contribution in [0.15, 0.2) is 42.5 Å². The molecule has 192 valence electrons. The van der Waals surface area contributed by atoms with E-state index in [9.17, 15) is 22.4 Å². The maximum atomic E-state index is 13.3. The van der Waals surface area contributed by atoms with Crippen molar-refractivity contribution in [2.24, 2.45) is 0 Å². The summed E-state index contributed by atoms with van der Waals surface area (Å²) in [6, 6.07) is 10.0. The second-order valence-electron chi connectivity index (χ2n) is 8.44. The number of hydrogen-bond acceptors (Lipinski definition) is 4. The smallest absolute Gasteiger partial charge is 0.242 e. The van der Waals surface area contributed by atoms with Crippen molar-refractivity contribution < 1.29 is 22.4 Å². The van der Waals surface area contributed by atoms with Crippen molar-refractivity contribution in [2.75, 3.05) is 23.7 Å². The molecule has 0 radical (unpaired) electrons. The number of nitrogens with zero attached hydrogens (tertiary/aromatic N) is 2. The van der Waals surface area contributed by atoms with Gasteiger partial charge in [0, 0.05) is 31.1 Å². The molecule has 1 atom stereocenters. The number of halogens is 2. The molecule has 0 aliphatic carbocycles. The molecule has 0 spiro atoms. The molecule has 0 bridgehead atoms. The van der Waals surface area contributed by atoms with Crippen molar-refractivity contribution in [2.45, 2.75) is 52.6 Å². The lowest BCUT2D eigenvalue weighted by molar-refractivity contribution is -0.140. The minimum absolute atomic E-state index is 0.0260. The highest BCUT2D eigenvalue weighted by molar-refractivity contribution is 7.92. The molecular formula is C25H33ClFN3O4S. The molecule has 0 aliphatic rings. The Kier molecular flexibility index (Phi) is 10.5. The summed E-state index contributed by atoms with van der Waals surface area (Å²) < 4.78 is 39.5. The zero-order valence-electron chi connectivity index (χ0n) is 20.6. The van der Waals surface area contributed by atoms with Crippen LogP contribution in [-0.4, -0.2) is 50.5 Å². The molecule has 2 rings (SSSR count). The predicted octanol–water partition coefficient (Wildman–Crippen LogP) is 4.28. The molecule has 1 unspecified atom stereocenters. The molecule has 0 fully saturated rings. The molecule has 0 saturated heterocycles. The summed E-state index contributed by atoms with van der Waals surface area (Å²) in [5, 5.41) is 3.25. The molecule has 0 aromatic heterocycles. The first kappa shape index (κ1) is 28.6. The van der Waals surface area contributed by atoms with Gasteiger partial charge in [-0.15, -0.1) is 0 Å². The normalized spacial score (nSPS) is 12.2. The Morgan fingerprint density at radius 3 is 2.40 bits per heavy atom. The molecular weight excluding hydrogens is 493 g/mol. The zero-order valence-corrected chi connectivity index (χ0v) is 22.1. The van der Waals surface area contributed by atoms with Gasteiger partial charge in [0.15, 0.2) is 0 Å². The highest BCUT2D eigenvalue weighted by atomic mass is 35.5. The van der Waals surface area contributed by atoms with Gasteiger partial charge < -0.3 is 10.2 Å². The van der Waals surface area contributed by atoms with Gasteiger partial charge in [-0.1, -0.05) is 36.7 Å². The maximum Gasteiger partial charge on any atom is 0.242 e. The van der Waals surface area contributed by atoms with Crippen LogP contribution in [0, 0.1) is 12.7 Å². The van der Waals surface area contributed by atoms with E-state index in [0.717, 1.165) is 12.7 Å². The standard InChI is InChI=1S/C25H33ClFN3O4S/c1-5-15-28-25(32)19(3)29(17-20-11-13-21(27)14-12-20)24(31)10-7-16-30(35(4,33)34)23-9-6-8-22(26)18(23)2/h6,8-9,11-14,19H,5,7,10,15-17H2,1-4H3,(H,28,32). The van der Waals surface area contributed by atoms with Crippen LogP contribution in [0.4, 0.5) is 10.1 Å². The van der Waals surface area contributed by atoms with Crippen LogP contribution in [0.2, 0.25) is 5.02 Å². The fourth-order valence-corrected chi connectivity index (χ4v) is 4.80. The summed E-state index contributed by atoms with van der Waals surface area (Å²) >= 11 is 6.18. The highest BCUT2D eigenvalue weighted by Gasteiger charge is 2.27. The molecule has 2 aromatic carbocycles. The van der Waals surface area contributed by atoms with Gasteiger partial charge in [-0.05, 0) is 62.1 Å². The number of rotatable bonds is 12. The minimum Gasteiger partial charge on any atom is -0.354 e. The Morgan fingerprint density at radius 1 is 1.14 bits per heavy atom. The second kappa shape index (κ2) is 12.9. The van der Waals surface area contributed by atoms with E-state index in [1.54, 1.807) is 44.2 Å². The Balaban J connectivity index is 2.18. The van der Waals surface area contributed by atoms with Crippen LogP contribution in [-0.2, 0) is 26.2 Å². The van der Waals surface area contributed by atoms with E-state index in [-0.39, 0.29) is 37.7 Å². The summed E-state index contributed by atoms with van der Waals surface area (Å²) in [4.78, 5) is 27.2. The fourth-order valence-electron chi connectivity index (χ4n) is 3.61. The van der Waals surface area contributed by atoms with Crippen molar-refractivity contribution in [3.05, 3.63) is 64.4 Å². The fraction of sp³-hybridized carbons (Fsp3) is 0.440. The number of benzene rings is 2. The average Bonchev–Trinajstić information content (AvgIpc) is 2.80. The number of sulfonamides is 1. The van der Waals surface area contributed by atoms with Gasteiger partial charge in [0.1, 0.15) is 11.9 Å². The van der Waals surface area contributed by atoms with Gasteiger partial charge in [-0.3, -0.25) is 13.9 Å². The van der Waals surface area contributed by atoms with Crippen LogP contribution < -0.4 is 9.62 Å². The lowest BCUT2D eigenvalue weighted by Gasteiger charge is -2.29. The van der Waals surface area contributed by atoms with Gasteiger partial charge in [0.25, 0.3) is 0 Å². The van der Waals surface area contributed by atoms with E-state index in [2.05, 4.69) is 5.32 Å². The van der Waals surface area contributed by atoms with Crippen molar-refractivity contribution in [3.8, 4) is 0 Å². The molecule has 7 nitrogen and oxygen atoms in total. The van der Waals surface area contributed by atoms with Crippen LogP contribution in [0.3, 0.4) is 0 Å². The van der Waals surface area contributed by atoms with Crippen molar-refractivity contribution in [1.29, 1.82) is 0 Å². The predicted molar refractivity (Wildman–Crippen MR) is 137 cm³/mol. The van der Waals surface area contributed by atoms with E-state index >= 15 is 0 Å². The van der Waals surface area contributed by atoms with Gasteiger partial charge >= 0.3 is 0 Å². The Labute approximate surface area is 212 Å². The number of carbonyl (C=O) groups is 2. The Morgan fingerprint density at radius 2 is 1.80 bits per heavy atom. The summed E-state index contributed by atoms with van der Waals surface area (Å²) in [5.74, 6) is -0.975. The molecule has 2 aromatic rings. The SMILES string of the molecule is CCCNC(=O)C(C)N(Cc1ccc(F)cc1)C(=O)CCCN(c1cccc(Cl)c1C)S(C)(=O)=O. The van der Waals surface area contributed by atoms with E-state index in [0.29, 0.717) is 28.4 Å². The molecule has 1 N–H and O–H groups in total. The van der Waals surface area contributed by atoms with E-state index < -0.39 is 21.9 Å². The molecule has 2 amide bonds. The third-order valence-corrected chi connectivity index (χ3v) is 7.23. The first-order chi connectivity index (χ1) is 16.5. The lowest BCUT2D eigenvalue weighted by atomic mass is 10.1. The molecule has 0 saturated carbocycles. The van der Waals surface area contributed by atoms with E-state index in [1.165, 1.54) is 21.3 Å². The maximum absolute atomic E-state index is 13.3. The van der Waals surface area contributed by atoms with Crippen LogP contribution in [0.5, 0.6) is 0 Å². The van der Waals surface area contributed by atoms with Crippen molar-refractivity contribution >= 4 is 39.1 Å². The number of hydrogen-bond donors (Lipinski definition) is 1. The third-order valence-electron chi connectivity index (χ3n) is 5.64. The lowest BCUT2D eigenvalue weighted by Crippen LogP contribution is -2.47. The Bertz CT molecular complexity index is 1130. The van der Waals surface area contributed by atoms with Crippen molar-refractivity contribution in [3.63, 3.8) is 0 Å². The number of nitrogens with one attached hydrogen (secondary N) is 1. The summed E-state index contributed by atoms with van der Waals surface area (Å²) in [6.07, 6.45) is 2.13. The topological polar surface area (TPSA) is 86.8 Å². The molecule has 0 heterocycles. The number of amides is 2. The zero-order chi connectivity index (χ0) is 26.2. The number of carbonyl (C=O) groups excluding carboxylic acids is 2. The quantitative estimate of drug-likeness (QED) is 0.448. The minimum atomic E-state index is -3.62. The monoisotopic (exact) mass is 525 g/mol. The van der Waals surface area contributed by atoms with E-state index in [1.807, 2.05) is 6.92 Å². The van der Waals surface area contributed by atoms with Crippen molar-refractivity contribution in [1.82, 2.24) is 10.2 Å². The van der Waals surface area contributed by atoms with Gasteiger partial charge in [-0.2, -0.15) is 0 Å². The second-order valence-corrected chi connectivity index (χ2v) is 10.8. The van der Waals surface area contributed by atoms with Gasteiger partial charge in [0.2, 0.25) is 21.8 Å². The third kappa shape index (κ3) is 8.21. The first-order valence-electron chi connectivity index (χ1n) is 11.5. The van der Waals surface area contributed by atoms with Crippen LogP contribution in [0.1, 0.15) is 44.2 Å². The van der Waals surface area contributed by atoms with Gasteiger partial charge in [-0.25, -0.2) is 12.8 Å². The largest absolute Gasteiger partial charge is 0.354 e. The van der Waals surface area contributed by atoms with Gasteiger partial charge in [0.05, 0.1) is 11.9 Å². The summed E-state index contributed by atoms with van der Waals surface area (Å²) in [7, 11) is -3.62. The molecule has 0 aliphatic heterocycles. The molecule has 10 heteroatoms. The first-order valence-corrected chi connectivity index (χ1v) is 13.7. The number of anilines is 1. The van der Waals surface area contributed by atoms with E-state index in [4.69, 9.17) is 11.6 Å².